The second-order valence-corrected chi connectivity index (χ2v) is 7.13. The molecule has 0 unspecified atom stereocenters. The Labute approximate surface area is 144 Å². The van der Waals surface area contributed by atoms with Gasteiger partial charge in [-0.3, -0.25) is 14.6 Å². The molecule has 1 aromatic carbocycles. The van der Waals surface area contributed by atoms with Crippen LogP contribution in [0.2, 0.25) is 0 Å². The van der Waals surface area contributed by atoms with Crippen molar-refractivity contribution in [1.82, 2.24) is 15.1 Å². The number of benzene rings is 1. The molecule has 2 heterocycles. The van der Waals surface area contributed by atoms with Crippen LogP contribution < -0.4 is 5.32 Å². The average Bonchev–Trinajstić information content (AvgIpc) is 2.95. The van der Waals surface area contributed by atoms with E-state index in [4.69, 9.17) is 0 Å². The van der Waals surface area contributed by atoms with E-state index in [-0.39, 0.29) is 18.1 Å². The summed E-state index contributed by atoms with van der Waals surface area (Å²) in [5.41, 5.74) is 2.35. The molecule has 3 rings (SSSR count). The molecule has 2 N–H and O–H groups in total. The van der Waals surface area contributed by atoms with Crippen molar-refractivity contribution in [3.63, 3.8) is 0 Å². The number of aliphatic hydroxyl groups excluding tert-OH is 1. The fourth-order valence-corrected chi connectivity index (χ4v) is 3.85. The lowest BCUT2D eigenvalue weighted by Gasteiger charge is -2.33. The van der Waals surface area contributed by atoms with Gasteiger partial charge in [-0.1, -0.05) is 30.7 Å². The standard InChI is InChI=1S/C19H29N3O2/c1-15-7-3-4-8-16(15)11-20-19(24)14-21-12-17(18(23)13-21)22-9-5-2-6-10-22/h3-4,7-8,17-18,23H,2,5-6,9-14H2,1H3,(H,20,24)/t17-,18-/m0/s1. The number of rotatable bonds is 5. The van der Waals surface area contributed by atoms with Crippen LogP contribution >= 0.6 is 0 Å². The summed E-state index contributed by atoms with van der Waals surface area (Å²) in [7, 11) is 0. The van der Waals surface area contributed by atoms with Crippen molar-refractivity contribution in [2.45, 2.75) is 44.9 Å². The van der Waals surface area contributed by atoms with Crippen molar-refractivity contribution >= 4 is 5.91 Å². The third-order valence-corrected chi connectivity index (χ3v) is 5.30. The van der Waals surface area contributed by atoms with Gasteiger partial charge in [0, 0.05) is 25.7 Å². The van der Waals surface area contributed by atoms with Crippen molar-refractivity contribution in [2.75, 3.05) is 32.7 Å². The zero-order valence-electron chi connectivity index (χ0n) is 14.6. The molecule has 2 atom stereocenters. The number of amides is 1. The largest absolute Gasteiger partial charge is 0.390 e. The number of hydrogen-bond donors (Lipinski definition) is 2. The first-order chi connectivity index (χ1) is 11.6. The van der Waals surface area contributed by atoms with Gasteiger partial charge in [-0.25, -0.2) is 0 Å². The van der Waals surface area contributed by atoms with Gasteiger partial charge < -0.3 is 10.4 Å². The second-order valence-electron chi connectivity index (χ2n) is 7.13. The van der Waals surface area contributed by atoms with Crippen LogP contribution in [0.4, 0.5) is 0 Å². The minimum atomic E-state index is -0.340. The minimum absolute atomic E-state index is 0.0322. The van der Waals surface area contributed by atoms with Crippen LogP contribution in [-0.4, -0.2) is 65.7 Å². The van der Waals surface area contributed by atoms with E-state index in [9.17, 15) is 9.90 Å². The quantitative estimate of drug-likeness (QED) is 0.850. The van der Waals surface area contributed by atoms with E-state index in [1.165, 1.54) is 24.8 Å². The maximum atomic E-state index is 12.2. The first-order valence-corrected chi connectivity index (χ1v) is 9.09. The summed E-state index contributed by atoms with van der Waals surface area (Å²) in [4.78, 5) is 16.7. The van der Waals surface area contributed by atoms with Gasteiger partial charge in [0.15, 0.2) is 0 Å². The Balaban J connectivity index is 1.46. The highest BCUT2D eigenvalue weighted by molar-refractivity contribution is 5.78. The van der Waals surface area contributed by atoms with Crippen LogP contribution in [0.5, 0.6) is 0 Å². The average molecular weight is 331 g/mol. The molecule has 2 fully saturated rings. The highest BCUT2D eigenvalue weighted by Crippen LogP contribution is 2.20. The van der Waals surface area contributed by atoms with Gasteiger partial charge in [-0.05, 0) is 44.0 Å². The molecular weight excluding hydrogens is 302 g/mol. The first kappa shape index (κ1) is 17.4. The molecule has 0 bridgehead atoms. The predicted octanol–water partition coefficient (Wildman–Crippen LogP) is 1.14. The Morgan fingerprint density at radius 1 is 1.21 bits per heavy atom. The number of carbonyl (C=O) groups excluding carboxylic acids is 1. The highest BCUT2D eigenvalue weighted by atomic mass is 16.3. The molecule has 5 heteroatoms. The van der Waals surface area contributed by atoms with Crippen molar-refractivity contribution in [3.05, 3.63) is 35.4 Å². The molecule has 1 aromatic rings. The summed E-state index contributed by atoms with van der Waals surface area (Å²) in [5, 5.41) is 13.4. The number of hydrogen-bond acceptors (Lipinski definition) is 4. The normalized spacial score (nSPS) is 25.8. The lowest BCUT2D eigenvalue weighted by Crippen LogP contribution is -2.46. The molecule has 1 amide bonds. The van der Waals surface area contributed by atoms with Crippen LogP contribution in [0.25, 0.3) is 0 Å². The smallest absolute Gasteiger partial charge is 0.234 e. The Morgan fingerprint density at radius 3 is 2.71 bits per heavy atom. The van der Waals surface area contributed by atoms with Crippen LogP contribution in [0.3, 0.4) is 0 Å². The topological polar surface area (TPSA) is 55.8 Å². The number of nitrogens with zero attached hydrogens (tertiary/aromatic N) is 2. The van der Waals surface area contributed by atoms with E-state index in [1.807, 2.05) is 18.2 Å². The van der Waals surface area contributed by atoms with E-state index in [0.717, 1.165) is 25.2 Å². The molecule has 132 valence electrons. The molecule has 2 saturated heterocycles. The van der Waals surface area contributed by atoms with E-state index in [2.05, 4.69) is 28.1 Å². The fourth-order valence-electron chi connectivity index (χ4n) is 3.85. The summed E-state index contributed by atoms with van der Waals surface area (Å²) in [6.07, 6.45) is 3.40. The second kappa shape index (κ2) is 8.10. The molecule has 0 aliphatic carbocycles. The number of carbonyl (C=O) groups is 1. The highest BCUT2D eigenvalue weighted by Gasteiger charge is 2.36. The van der Waals surface area contributed by atoms with Gasteiger partial charge in [0.05, 0.1) is 12.6 Å². The van der Waals surface area contributed by atoms with E-state index in [1.54, 1.807) is 0 Å². The van der Waals surface area contributed by atoms with Gasteiger partial charge in [-0.2, -0.15) is 0 Å². The van der Waals surface area contributed by atoms with E-state index >= 15 is 0 Å². The molecule has 0 radical (unpaired) electrons. The molecule has 5 nitrogen and oxygen atoms in total. The molecule has 0 saturated carbocycles. The first-order valence-electron chi connectivity index (χ1n) is 9.09. The van der Waals surface area contributed by atoms with Crippen molar-refractivity contribution < 1.29 is 9.90 Å². The van der Waals surface area contributed by atoms with Gasteiger partial charge in [0.1, 0.15) is 0 Å². The summed E-state index contributed by atoms with van der Waals surface area (Å²) in [6, 6.07) is 8.29. The molecule has 24 heavy (non-hydrogen) atoms. The lowest BCUT2D eigenvalue weighted by molar-refractivity contribution is -0.122. The number of aliphatic hydroxyl groups is 1. The van der Waals surface area contributed by atoms with Gasteiger partial charge in [0.2, 0.25) is 5.91 Å². The Hall–Kier alpha value is -1.43. The van der Waals surface area contributed by atoms with Gasteiger partial charge in [0.25, 0.3) is 0 Å². The SMILES string of the molecule is Cc1ccccc1CNC(=O)CN1C[C@H](O)[C@@H](N2CCCCC2)C1. The third kappa shape index (κ3) is 4.35. The molecule has 0 aromatic heterocycles. The molecule has 2 aliphatic heterocycles. The van der Waals surface area contributed by atoms with Crippen molar-refractivity contribution in [1.29, 1.82) is 0 Å². The zero-order chi connectivity index (χ0) is 16.9. The van der Waals surface area contributed by atoms with Crippen LogP contribution in [-0.2, 0) is 11.3 Å². The van der Waals surface area contributed by atoms with Crippen molar-refractivity contribution in [3.8, 4) is 0 Å². The van der Waals surface area contributed by atoms with Crippen LogP contribution in [0, 0.1) is 6.92 Å². The molecule has 0 spiro atoms. The number of piperidine rings is 1. The Morgan fingerprint density at radius 2 is 1.96 bits per heavy atom. The fraction of sp³-hybridized carbons (Fsp3) is 0.632. The van der Waals surface area contributed by atoms with Crippen LogP contribution in [0.1, 0.15) is 30.4 Å². The minimum Gasteiger partial charge on any atom is -0.390 e. The third-order valence-electron chi connectivity index (χ3n) is 5.30. The number of nitrogens with one attached hydrogen (secondary N) is 1. The summed E-state index contributed by atoms with van der Waals surface area (Å²) in [6.45, 7) is 6.54. The van der Waals surface area contributed by atoms with Crippen LogP contribution in [0.15, 0.2) is 24.3 Å². The maximum Gasteiger partial charge on any atom is 0.234 e. The molecular formula is C19H29N3O2. The number of β-amino-alcohol motifs (C(OH)–C–C–N with tert-alkyl or cyclic N) is 1. The van der Waals surface area contributed by atoms with Gasteiger partial charge in [-0.15, -0.1) is 0 Å². The van der Waals surface area contributed by atoms with Gasteiger partial charge >= 0.3 is 0 Å². The Bertz CT molecular complexity index is 557. The monoisotopic (exact) mass is 331 g/mol. The predicted molar refractivity (Wildman–Crippen MR) is 94.7 cm³/mol. The summed E-state index contributed by atoms with van der Waals surface area (Å²) in [5.74, 6) is 0.0322. The maximum absolute atomic E-state index is 12.2. The Kier molecular flexibility index (Phi) is 5.87. The summed E-state index contributed by atoms with van der Waals surface area (Å²) < 4.78 is 0. The zero-order valence-corrected chi connectivity index (χ0v) is 14.6. The molecule has 2 aliphatic rings. The van der Waals surface area contributed by atoms with Crippen molar-refractivity contribution in [2.24, 2.45) is 0 Å². The van der Waals surface area contributed by atoms with E-state index in [0.29, 0.717) is 19.6 Å². The number of aryl methyl sites for hydroxylation is 1. The number of likely N-dealkylation sites (tertiary alicyclic amines) is 2. The lowest BCUT2D eigenvalue weighted by atomic mass is 10.1. The summed E-state index contributed by atoms with van der Waals surface area (Å²) >= 11 is 0. The van der Waals surface area contributed by atoms with E-state index < -0.39 is 0 Å².